The molecule has 0 aromatic heterocycles. The van der Waals surface area contributed by atoms with Gasteiger partial charge in [0.25, 0.3) is 0 Å². The summed E-state index contributed by atoms with van der Waals surface area (Å²) in [5.41, 5.74) is 1.17. The summed E-state index contributed by atoms with van der Waals surface area (Å²) in [5.74, 6) is 0.831. The molecule has 1 unspecified atom stereocenters. The van der Waals surface area contributed by atoms with Crippen LogP contribution in [0.3, 0.4) is 0 Å². The molecule has 6 heteroatoms. The standard InChI is InChI=1S/C14H19BrN2O2.ClH/c1-10-2-3-13(12(15)8-10)19-7-5-14(18)17-11-4-6-16-9-11;/h2-3,8,11,16H,4-7,9H2,1H3,(H,17,18);1H. The lowest BCUT2D eigenvalue weighted by atomic mass is 10.2. The number of rotatable bonds is 5. The molecule has 1 saturated heterocycles. The van der Waals surface area contributed by atoms with E-state index in [1.54, 1.807) is 0 Å². The topological polar surface area (TPSA) is 50.4 Å². The van der Waals surface area contributed by atoms with Crippen LogP contribution in [0.5, 0.6) is 5.75 Å². The van der Waals surface area contributed by atoms with E-state index in [1.165, 1.54) is 5.56 Å². The van der Waals surface area contributed by atoms with Crippen molar-refractivity contribution < 1.29 is 9.53 Å². The van der Waals surface area contributed by atoms with Gasteiger partial charge in [0, 0.05) is 12.6 Å². The number of carbonyl (C=O) groups is 1. The number of nitrogens with one attached hydrogen (secondary N) is 2. The highest BCUT2D eigenvalue weighted by molar-refractivity contribution is 9.10. The Morgan fingerprint density at radius 2 is 2.35 bits per heavy atom. The molecule has 1 amide bonds. The summed E-state index contributed by atoms with van der Waals surface area (Å²) in [6.45, 7) is 4.28. The number of benzene rings is 1. The Kier molecular flexibility index (Phi) is 7.34. The Morgan fingerprint density at radius 1 is 1.55 bits per heavy atom. The molecular formula is C14H20BrClN2O2. The van der Waals surface area contributed by atoms with E-state index < -0.39 is 0 Å². The second-order valence-corrected chi connectivity index (χ2v) is 5.64. The lowest BCUT2D eigenvalue weighted by molar-refractivity contribution is -0.122. The summed E-state index contributed by atoms with van der Waals surface area (Å²) >= 11 is 3.45. The smallest absolute Gasteiger partial charge is 0.223 e. The van der Waals surface area contributed by atoms with E-state index in [4.69, 9.17) is 4.74 Å². The van der Waals surface area contributed by atoms with Gasteiger partial charge in [-0.3, -0.25) is 4.79 Å². The molecule has 1 fully saturated rings. The average molecular weight is 364 g/mol. The summed E-state index contributed by atoms with van der Waals surface area (Å²) in [5, 5.41) is 6.22. The van der Waals surface area contributed by atoms with Gasteiger partial charge in [-0.1, -0.05) is 6.07 Å². The largest absolute Gasteiger partial charge is 0.492 e. The van der Waals surface area contributed by atoms with E-state index in [-0.39, 0.29) is 24.4 Å². The van der Waals surface area contributed by atoms with Crippen LogP contribution in [0.15, 0.2) is 22.7 Å². The second kappa shape index (κ2) is 8.49. The third kappa shape index (κ3) is 5.31. The predicted octanol–water partition coefficient (Wildman–Crippen LogP) is 2.43. The molecule has 0 bridgehead atoms. The number of ether oxygens (including phenoxy) is 1. The molecule has 20 heavy (non-hydrogen) atoms. The van der Waals surface area contributed by atoms with Crippen molar-refractivity contribution in [3.8, 4) is 5.75 Å². The molecule has 0 spiro atoms. The molecule has 112 valence electrons. The molecule has 1 aromatic carbocycles. The van der Waals surface area contributed by atoms with Gasteiger partial charge in [0.15, 0.2) is 0 Å². The fourth-order valence-electron chi connectivity index (χ4n) is 2.05. The van der Waals surface area contributed by atoms with Crippen LogP contribution in [-0.4, -0.2) is 31.6 Å². The number of hydrogen-bond donors (Lipinski definition) is 2. The minimum atomic E-state index is 0. The van der Waals surface area contributed by atoms with Crippen molar-refractivity contribution >= 4 is 34.2 Å². The van der Waals surface area contributed by atoms with Crippen molar-refractivity contribution in [2.45, 2.75) is 25.8 Å². The van der Waals surface area contributed by atoms with E-state index in [0.717, 1.165) is 29.7 Å². The van der Waals surface area contributed by atoms with Gasteiger partial charge in [0.05, 0.1) is 17.5 Å². The van der Waals surface area contributed by atoms with E-state index in [1.807, 2.05) is 25.1 Å². The monoisotopic (exact) mass is 362 g/mol. The maximum atomic E-state index is 11.7. The third-order valence-electron chi connectivity index (χ3n) is 3.10. The number of carbonyl (C=O) groups excluding carboxylic acids is 1. The zero-order chi connectivity index (χ0) is 13.7. The number of halogens is 2. The van der Waals surface area contributed by atoms with Gasteiger partial charge in [0.1, 0.15) is 5.75 Å². The Bertz CT molecular complexity index is 451. The van der Waals surface area contributed by atoms with Crippen LogP contribution in [-0.2, 0) is 4.79 Å². The first kappa shape index (κ1) is 17.3. The molecule has 2 N–H and O–H groups in total. The van der Waals surface area contributed by atoms with Crippen molar-refractivity contribution in [1.29, 1.82) is 0 Å². The lowest BCUT2D eigenvalue weighted by Crippen LogP contribution is -2.36. The summed E-state index contributed by atoms with van der Waals surface area (Å²) in [6, 6.07) is 6.18. The van der Waals surface area contributed by atoms with Gasteiger partial charge in [0.2, 0.25) is 5.91 Å². The molecule has 0 saturated carbocycles. The second-order valence-electron chi connectivity index (χ2n) is 4.79. The molecular weight excluding hydrogens is 344 g/mol. The number of hydrogen-bond acceptors (Lipinski definition) is 3. The molecule has 1 atom stereocenters. The Labute approximate surface area is 134 Å². The van der Waals surface area contributed by atoms with E-state index in [2.05, 4.69) is 26.6 Å². The number of aryl methyl sites for hydroxylation is 1. The van der Waals surface area contributed by atoms with Gasteiger partial charge in [-0.05, 0) is 53.5 Å². The fraction of sp³-hybridized carbons (Fsp3) is 0.500. The minimum Gasteiger partial charge on any atom is -0.492 e. The molecule has 0 aliphatic carbocycles. The first-order chi connectivity index (χ1) is 9.15. The molecule has 0 radical (unpaired) electrons. The fourth-order valence-corrected chi connectivity index (χ4v) is 2.66. The highest BCUT2D eigenvalue weighted by atomic mass is 79.9. The number of amides is 1. The van der Waals surface area contributed by atoms with Crippen LogP contribution in [0.4, 0.5) is 0 Å². The van der Waals surface area contributed by atoms with Crippen LogP contribution in [0, 0.1) is 6.92 Å². The first-order valence-electron chi connectivity index (χ1n) is 6.54. The van der Waals surface area contributed by atoms with E-state index in [9.17, 15) is 4.79 Å². The van der Waals surface area contributed by atoms with Gasteiger partial charge < -0.3 is 15.4 Å². The SMILES string of the molecule is Cc1ccc(OCCC(=O)NC2CCNC2)c(Br)c1.Cl. The quantitative estimate of drug-likeness (QED) is 0.845. The molecule has 1 aromatic rings. The summed E-state index contributed by atoms with van der Waals surface area (Å²) in [4.78, 5) is 11.7. The van der Waals surface area contributed by atoms with Crippen LogP contribution in [0.25, 0.3) is 0 Å². The zero-order valence-electron chi connectivity index (χ0n) is 11.4. The van der Waals surface area contributed by atoms with Crippen molar-refractivity contribution in [1.82, 2.24) is 10.6 Å². The summed E-state index contributed by atoms with van der Waals surface area (Å²) in [7, 11) is 0. The average Bonchev–Trinajstić information content (AvgIpc) is 2.84. The zero-order valence-corrected chi connectivity index (χ0v) is 13.9. The summed E-state index contributed by atoms with van der Waals surface area (Å²) < 4.78 is 6.53. The molecule has 1 heterocycles. The first-order valence-corrected chi connectivity index (χ1v) is 7.33. The van der Waals surface area contributed by atoms with Crippen LogP contribution in [0.1, 0.15) is 18.4 Å². The van der Waals surface area contributed by atoms with Gasteiger partial charge in [-0.2, -0.15) is 0 Å². The normalized spacial score (nSPS) is 17.4. The molecule has 2 rings (SSSR count). The molecule has 1 aliphatic rings. The van der Waals surface area contributed by atoms with Crippen molar-refractivity contribution in [2.75, 3.05) is 19.7 Å². The predicted molar refractivity (Wildman–Crippen MR) is 85.7 cm³/mol. The van der Waals surface area contributed by atoms with Gasteiger partial charge in [-0.25, -0.2) is 0 Å². The van der Waals surface area contributed by atoms with Crippen molar-refractivity contribution in [3.05, 3.63) is 28.2 Å². The van der Waals surface area contributed by atoms with Gasteiger partial charge >= 0.3 is 0 Å². The Balaban J connectivity index is 0.00000200. The minimum absolute atomic E-state index is 0. The highest BCUT2D eigenvalue weighted by Crippen LogP contribution is 2.25. The summed E-state index contributed by atoms with van der Waals surface area (Å²) in [6.07, 6.45) is 1.40. The van der Waals surface area contributed by atoms with Crippen molar-refractivity contribution in [2.24, 2.45) is 0 Å². The molecule has 1 aliphatic heterocycles. The van der Waals surface area contributed by atoms with E-state index >= 15 is 0 Å². The Morgan fingerprint density at radius 3 is 3.00 bits per heavy atom. The molecule has 4 nitrogen and oxygen atoms in total. The van der Waals surface area contributed by atoms with Crippen LogP contribution < -0.4 is 15.4 Å². The third-order valence-corrected chi connectivity index (χ3v) is 3.72. The maximum absolute atomic E-state index is 11.7. The lowest BCUT2D eigenvalue weighted by Gasteiger charge is -2.12. The van der Waals surface area contributed by atoms with E-state index in [0.29, 0.717) is 13.0 Å². The van der Waals surface area contributed by atoms with Crippen LogP contribution >= 0.6 is 28.3 Å². The van der Waals surface area contributed by atoms with Crippen LogP contribution in [0.2, 0.25) is 0 Å². The van der Waals surface area contributed by atoms with Crippen molar-refractivity contribution in [3.63, 3.8) is 0 Å². The maximum Gasteiger partial charge on any atom is 0.223 e. The van der Waals surface area contributed by atoms with Gasteiger partial charge in [-0.15, -0.1) is 12.4 Å². The highest BCUT2D eigenvalue weighted by Gasteiger charge is 2.16. The Hall–Kier alpha value is -0.780.